The normalized spacial score (nSPS) is 18.4. The minimum absolute atomic E-state index is 0.0125. The number of anilines is 2. The quantitative estimate of drug-likeness (QED) is 0.419. The summed E-state index contributed by atoms with van der Waals surface area (Å²) in [5, 5.41) is 2.89. The van der Waals surface area contributed by atoms with Crippen LogP contribution in [0.25, 0.3) is 0 Å². The molecule has 0 radical (unpaired) electrons. The van der Waals surface area contributed by atoms with E-state index in [-0.39, 0.29) is 23.6 Å². The zero-order valence-corrected chi connectivity index (χ0v) is 24.8. The first-order valence-corrected chi connectivity index (χ1v) is 15.6. The summed E-state index contributed by atoms with van der Waals surface area (Å²) in [5.74, 6) is 1.29. The topological polar surface area (TPSA) is 93.2 Å². The van der Waals surface area contributed by atoms with Crippen molar-refractivity contribution in [3.8, 4) is 0 Å². The van der Waals surface area contributed by atoms with E-state index in [2.05, 4.69) is 14.8 Å². The fraction of sp³-hybridized carbons (Fsp3) is 0.452. The van der Waals surface area contributed by atoms with Crippen molar-refractivity contribution >= 4 is 40.6 Å². The number of hydrogen-bond acceptors (Lipinski definition) is 8. The number of benzene rings is 1. The number of likely N-dealkylation sites (tertiary alicyclic amines) is 1. The molecule has 3 aliphatic heterocycles. The molecule has 2 aromatic heterocycles. The highest BCUT2D eigenvalue weighted by Crippen LogP contribution is 2.31. The molecule has 0 aliphatic carbocycles. The van der Waals surface area contributed by atoms with Gasteiger partial charge in [-0.15, -0.1) is 11.3 Å². The lowest BCUT2D eigenvalue weighted by molar-refractivity contribution is 0.0741. The summed E-state index contributed by atoms with van der Waals surface area (Å²) in [6, 6.07) is 13.7. The molecule has 5 heterocycles. The number of nitrogens with zero attached hydrogens (tertiary/aromatic N) is 7. The molecule has 0 unspecified atom stereocenters. The first-order valence-electron chi connectivity index (χ1n) is 14.8. The van der Waals surface area contributed by atoms with Crippen molar-refractivity contribution in [3.05, 3.63) is 70.3 Å². The van der Waals surface area contributed by atoms with Crippen molar-refractivity contribution in [3.63, 3.8) is 0 Å². The molecule has 0 saturated carbocycles. The summed E-state index contributed by atoms with van der Waals surface area (Å²) in [6.45, 7) is 8.73. The Morgan fingerprint density at radius 2 is 1.40 bits per heavy atom. The van der Waals surface area contributed by atoms with E-state index in [0.717, 1.165) is 55.5 Å². The van der Waals surface area contributed by atoms with E-state index in [1.165, 1.54) is 0 Å². The number of Topliss-reactive ketones (excluding diaryl/α,β-unsaturated/α-hetero) is 1. The number of hydrogen-bond donors (Lipinski definition) is 0. The van der Waals surface area contributed by atoms with Gasteiger partial charge >= 0.3 is 6.03 Å². The fourth-order valence-corrected chi connectivity index (χ4v) is 6.96. The van der Waals surface area contributed by atoms with Crippen LogP contribution < -0.4 is 9.80 Å². The second-order valence-corrected chi connectivity index (χ2v) is 12.0. The maximum absolute atomic E-state index is 13.2. The number of carbonyl (C=O) groups is 3. The fourth-order valence-electron chi connectivity index (χ4n) is 6.00. The number of rotatable bonds is 5. The number of aromatic nitrogens is 2. The Hall–Kier alpha value is -3.99. The smallest absolute Gasteiger partial charge is 0.320 e. The van der Waals surface area contributed by atoms with Crippen LogP contribution >= 0.6 is 11.3 Å². The standard InChI is InChI=1S/C31H37N7O3S/c1-23(39)24-5-7-26(8-6-24)34-14-18-36(19-15-34)30(40)27-22-42-29(33-27)25-9-12-37(13-10-25)31(41)38-20-16-35(17-21-38)28-4-2-3-11-32-28/h2-8,11,22,25H,9-10,12-21H2,1H3. The highest BCUT2D eigenvalue weighted by Gasteiger charge is 2.31. The molecule has 220 valence electrons. The molecular weight excluding hydrogens is 550 g/mol. The minimum Gasteiger partial charge on any atom is -0.368 e. The number of carbonyl (C=O) groups excluding carboxylic acids is 3. The summed E-state index contributed by atoms with van der Waals surface area (Å²) >= 11 is 1.56. The predicted molar refractivity (Wildman–Crippen MR) is 164 cm³/mol. The van der Waals surface area contributed by atoms with Gasteiger partial charge in [0.05, 0.1) is 5.01 Å². The van der Waals surface area contributed by atoms with Gasteiger partial charge in [0.15, 0.2) is 5.78 Å². The first-order chi connectivity index (χ1) is 20.5. The van der Waals surface area contributed by atoms with E-state index in [1.807, 2.05) is 62.5 Å². The van der Waals surface area contributed by atoms with Crippen LogP contribution in [-0.4, -0.2) is 108 Å². The summed E-state index contributed by atoms with van der Waals surface area (Å²) in [4.78, 5) is 57.5. The van der Waals surface area contributed by atoms with E-state index >= 15 is 0 Å². The molecule has 0 spiro atoms. The number of ketones is 1. The van der Waals surface area contributed by atoms with Gasteiger partial charge in [0, 0.05) is 94.2 Å². The molecule has 3 amide bonds. The van der Waals surface area contributed by atoms with Crippen LogP contribution in [0.2, 0.25) is 0 Å². The van der Waals surface area contributed by atoms with Gasteiger partial charge < -0.3 is 24.5 Å². The third-order valence-electron chi connectivity index (χ3n) is 8.59. The molecule has 0 atom stereocenters. The van der Waals surface area contributed by atoms with E-state index < -0.39 is 0 Å². The van der Waals surface area contributed by atoms with Gasteiger partial charge in [-0.05, 0) is 56.2 Å². The number of amides is 3. The molecule has 3 saturated heterocycles. The monoisotopic (exact) mass is 587 g/mol. The van der Waals surface area contributed by atoms with Crippen LogP contribution in [0.1, 0.15) is 51.5 Å². The highest BCUT2D eigenvalue weighted by atomic mass is 32.1. The van der Waals surface area contributed by atoms with Gasteiger partial charge in [-0.25, -0.2) is 14.8 Å². The molecule has 6 rings (SSSR count). The molecule has 42 heavy (non-hydrogen) atoms. The minimum atomic E-state index is -0.0125. The van der Waals surface area contributed by atoms with Gasteiger partial charge in [-0.2, -0.15) is 0 Å². The van der Waals surface area contributed by atoms with Gasteiger partial charge in [0.2, 0.25) is 0 Å². The maximum Gasteiger partial charge on any atom is 0.320 e. The number of thiazole rings is 1. The van der Waals surface area contributed by atoms with Gasteiger partial charge in [0.1, 0.15) is 11.5 Å². The molecule has 3 aromatic rings. The second-order valence-electron chi connectivity index (χ2n) is 11.2. The Morgan fingerprint density at radius 3 is 2.05 bits per heavy atom. The lowest BCUT2D eigenvalue weighted by Crippen LogP contribution is -2.54. The van der Waals surface area contributed by atoms with Gasteiger partial charge in [-0.1, -0.05) is 6.07 Å². The third kappa shape index (κ3) is 6.11. The number of pyridine rings is 1. The van der Waals surface area contributed by atoms with Crippen LogP contribution in [0.3, 0.4) is 0 Å². The Bertz CT molecular complexity index is 1390. The lowest BCUT2D eigenvalue weighted by Gasteiger charge is -2.39. The molecule has 11 heteroatoms. The summed E-state index contributed by atoms with van der Waals surface area (Å²) in [6.07, 6.45) is 3.53. The van der Waals surface area contributed by atoms with Crippen LogP contribution in [-0.2, 0) is 0 Å². The molecular formula is C31H37N7O3S. The van der Waals surface area contributed by atoms with Crippen LogP contribution in [0.5, 0.6) is 0 Å². The van der Waals surface area contributed by atoms with Crippen LogP contribution in [0, 0.1) is 0 Å². The van der Waals surface area contributed by atoms with Crippen LogP contribution in [0.15, 0.2) is 54.0 Å². The average molecular weight is 588 g/mol. The Kier molecular flexibility index (Phi) is 8.36. The van der Waals surface area contributed by atoms with Crippen molar-refractivity contribution in [1.29, 1.82) is 0 Å². The Balaban J connectivity index is 0.962. The maximum atomic E-state index is 13.2. The van der Waals surface area contributed by atoms with Crippen molar-refractivity contribution in [2.45, 2.75) is 25.7 Å². The third-order valence-corrected chi connectivity index (χ3v) is 9.59. The largest absolute Gasteiger partial charge is 0.368 e. The van der Waals surface area contributed by atoms with E-state index in [9.17, 15) is 14.4 Å². The Morgan fingerprint density at radius 1 is 0.762 bits per heavy atom. The zero-order valence-electron chi connectivity index (χ0n) is 24.0. The highest BCUT2D eigenvalue weighted by molar-refractivity contribution is 7.09. The number of urea groups is 1. The molecule has 10 nitrogen and oxygen atoms in total. The Labute approximate surface area is 250 Å². The van der Waals surface area contributed by atoms with Crippen molar-refractivity contribution in [2.24, 2.45) is 0 Å². The summed E-state index contributed by atoms with van der Waals surface area (Å²) in [5.41, 5.74) is 2.30. The molecule has 0 N–H and O–H groups in total. The molecule has 3 fully saturated rings. The van der Waals surface area contributed by atoms with Gasteiger partial charge in [-0.3, -0.25) is 9.59 Å². The van der Waals surface area contributed by atoms with Crippen molar-refractivity contribution < 1.29 is 14.4 Å². The number of piperidine rings is 1. The first kappa shape index (κ1) is 28.1. The van der Waals surface area contributed by atoms with E-state index in [4.69, 9.17) is 4.98 Å². The predicted octanol–water partition coefficient (Wildman–Crippen LogP) is 3.82. The van der Waals surface area contributed by atoms with Gasteiger partial charge in [0.25, 0.3) is 5.91 Å². The van der Waals surface area contributed by atoms with E-state index in [0.29, 0.717) is 50.5 Å². The lowest BCUT2D eigenvalue weighted by atomic mass is 9.98. The molecule has 3 aliphatic rings. The van der Waals surface area contributed by atoms with E-state index in [1.54, 1.807) is 24.5 Å². The van der Waals surface area contributed by atoms with Crippen molar-refractivity contribution in [2.75, 3.05) is 75.2 Å². The van der Waals surface area contributed by atoms with Crippen molar-refractivity contribution in [1.82, 2.24) is 24.7 Å². The zero-order chi connectivity index (χ0) is 29.1. The van der Waals surface area contributed by atoms with Crippen LogP contribution in [0.4, 0.5) is 16.3 Å². The average Bonchev–Trinajstić information content (AvgIpc) is 3.55. The molecule has 1 aromatic carbocycles. The summed E-state index contributed by atoms with van der Waals surface area (Å²) < 4.78 is 0. The SMILES string of the molecule is CC(=O)c1ccc(N2CCN(C(=O)c3csc(C4CCN(C(=O)N5CCN(c6ccccn6)CC5)CC4)n3)CC2)cc1. The second kappa shape index (κ2) is 12.5. The summed E-state index contributed by atoms with van der Waals surface area (Å²) in [7, 11) is 0. The molecule has 0 bridgehead atoms. The number of piperazine rings is 2.